The van der Waals surface area contributed by atoms with E-state index < -0.39 is 11.9 Å². The highest BCUT2D eigenvalue weighted by atomic mass is 16.4. The SMILES string of the molecule is CC(C)=C(C(=O)O)C(C(=O)O)=C(C)C.CCNCC. The van der Waals surface area contributed by atoms with Gasteiger partial charge in [-0.15, -0.1) is 0 Å². The van der Waals surface area contributed by atoms with E-state index in [0.29, 0.717) is 11.1 Å². The van der Waals surface area contributed by atoms with Crippen molar-refractivity contribution in [3.63, 3.8) is 0 Å². The van der Waals surface area contributed by atoms with Crippen molar-refractivity contribution in [3.8, 4) is 0 Å². The summed E-state index contributed by atoms with van der Waals surface area (Å²) in [6.07, 6.45) is 0. The molecule has 0 aromatic rings. The first-order chi connectivity index (χ1) is 8.70. The van der Waals surface area contributed by atoms with Crippen molar-refractivity contribution in [1.29, 1.82) is 0 Å². The second-order valence-corrected chi connectivity index (χ2v) is 4.32. The minimum absolute atomic E-state index is 0.127. The molecule has 0 saturated heterocycles. The Morgan fingerprint density at radius 2 is 1.05 bits per heavy atom. The maximum atomic E-state index is 10.8. The molecule has 19 heavy (non-hydrogen) atoms. The number of carboxylic acid groups (broad SMARTS) is 2. The summed E-state index contributed by atoms with van der Waals surface area (Å²) in [5, 5.41) is 20.8. The molecule has 0 heterocycles. The van der Waals surface area contributed by atoms with E-state index >= 15 is 0 Å². The zero-order valence-corrected chi connectivity index (χ0v) is 12.6. The zero-order valence-electron chi connectivity index (χ0n) is 12.6. The van der Waals surface area contributed by atoms with E-state index in [4.69, 9.17) is 10.2 Å². The molecule has 0 aliphatic carbocycles. The molecular weight excluding hydrogens is 246 g/mol. The molecule has 0 aliphatic heterocycles. The molecule has 110 valence electrons. The molecule has 0 aromatic carbocycles. The second kappa shape index (κ2) is 10.3. The summed E-state index contributed by atoms with van der Waals surface area (Å²) < 4.78 is 0. The molecule has 0 unspecified atom stereocenters. The van der Waals surface area contributed by atoms with Crippen molar-refractivity contribution in [2.45, 2.75) is 41.5 Å². The van der Waals surface area contributed by atoms with Gasteiger partial charge in [-0.3, -0.25) is 0 Å². The fourth-order valence-electron chi connectivity index (χ4n) is 1.39. The quantitative estimate of drug-likeness (QED) is 0.528. The van der Waals surface area contributed by atoms with Crippen molar-refractivity contribution in [3.05, 3.63) is 22.3 Å². The largest absolute Gasteiger partial charge is 0.478 e. The van der Waals surface area contributed by atoms with Crippen LogP contribution in [-0.2, 0) is 9.59 Å². The zero-order chi connectivity index (χ0) is 15.6. The number of carbonyl (C=O) groups is 2. The smallest absolute Gasteiger partial charge is 0.336 e. The van der Waals surface area contributed by atoms with Crippen LogP contribution in [0.2, 0.25) is 0 Å². The van der Waals surface area contributed by atoms with Crippen molar-refractivity contribution in [2.75, 3.05) is 13.1 Å². The third kappa shape index (κ3) is 8.15. The van der Waals surface area contributed by atoms with Gasteiger partial charge >= 0.3 is 11.9 Å². The van der Waals surface area contributed by atoms with Crippen molar-refractivity contribution in [1.82, 2.24) is 5.32 Å². The Morgan fingerprint density at radius 3 is 1.11 bits per heavy atom. The van der Waals surface area contributed by atoms with Gasteiger partial charge < -0.3 is 15.5 Å². The minimum atomic E-state index is -1.21. The number of hydrogen-bond acceptors (Lipinski definition) is 3. The van der Waals surface area contributed by atoms with Gasteiger partial charge in [0.15, 0.2) is 0 Å². The summed E-state index contributed by atoms with van der Waals surface area (Å²) in [5.74, 6) is -2.41. The van der Waals surface area contributed by atoms with E-state index in [1.807, 2.05) is 0 Å². The third-order valence-corrected chi connectivity index (χ3v) is 2.18. The number of hydrogen-bond donors (Lipinski definition) is 3. The normalized spacial score (nSPS) is 8.95. The molecule has 0 bridgehead atoms. The van der Waals surface area contributed by atoms with Gasteiger partial charge in [0.25, 0.3) is 0 Å². The highest BCUT2D eigenvalue weighted by molar-refractivity contribution is 6.06. The standard InChI is InChI=1S/C10H14O4.C4H11N/c1-5(2)7(9(11)12)8(6(3)4)10(13)14;1-3-5-4-2/h1-4H3,(H,11,12)(H,13,14);5H,3-4H2,1-2H3. The molecule has 0 fully saturated rings. The van der Waals surface area contributed by atoms with Crippen molar-refractivity contribution >= 4 is 11.9 Å². The molecule has 0 amide bonds. The van der Waals surface area contributed by atoms with E-state index in [1.165, 1.54) is 0 Å². The first-order valence-corrected chi connectivity index (χ1v) is 6.23. The predicted octanol–water partition coefficient (Wildman–Crippen LogP) is 2.44. The number of aliphatic carboxylic acids is 2. The van der Waals surface area contributed by atoms with E-state index in [-0.39, 0.29) is 11.1 Å². The molecule has 0 aliphatic rings. The van der Waals surface area contributed by atoms with Gasteiger partial charge in [0.05, 0.1) is 11.1 Å². The van der Waals surface area contributed by atoms with E-state index in [9.17, 15) is 9.59 Å². The Morgan fingerprint density at radius 1 is 0.789 bits per heavy atom. The minimum Gasteiger partial charge on any atom is -0.478 e. The van der Waals surface area contributed by atoms with Crippen LogP contribution in [-0.4, -0.2) is 35.2 Å². The van der Waals surface area contributed by atoms with Gasteiger partial charge in [-0.2, -0.15) is 0 Å². The van der Waals surface area contributed by atoms with Gasteiger partial charge in [0.2, 0.25) is 0 Å². The topological polar surface area (TPSA) is 86.6 Å². The molecule has 5 heteroatoms. The van der Waals surface area contributed by atoms with Crippen LogP contribution in [0.4, 0.5) is 0 Å². The highest BCUT2D eigenvalue weighted by Crippen LogP contribution is 2.19. The van der Waals surface area contributed by atoms with Gasteiger partial charge in [0.1, 0.15) is 0 Å². The Balaban J connectivity index is 0. The van der Waals surface area contributed by atoms with Gasteiger partial charge in [-0.25, -0.2) is 9.59 Å². The monoisotopic (exact) mass is 271 g/mol. The van der Waals surface area contributed by atoms with Crippen molar-refractivity contribution in [2.24, 2.45) is 0 Å². The fraction of sp³-hybridized carbons (Fsp3) is 0.571. The van der Waals surface area contributed by atoms with Gasteiger partial charge in [-0.05, 0) is 40.8 Å². The Kier molecular flexibility index (Phi) is 10.7. The Labute approximate surface area is 115 Å². The molecular formula is C14H25NO4. The van der Waals surface area contributed by atoms with Crippen molar-refractivity contribution < 1.29 is 19.8 Å². The lowest BCUT2D eigenvalue weighted by molar-refractivity contribution is -0.136. The molecule has 0 aromatic heterocycles. The average molecular weight is 271 g/mol. The molecule has 0 saturated carbocycles. The highest BCUT2D eigenvalue weighted by Gasteiger charge is 2.21. The van der Waals surface area contributed by atoms with Crippen LogP contribution >= 0.6 is 0 Å². The second-order valence-electron chi connectivity index (χ2n) is 4.32. The van der Waals surface area contributed by atoms with E-state index in [2.05, 4.69) is 19.2 Å². The van der Waals surface area contributed by atoms with Crippen LogP contribution in [0.1, 0.15) is 41.5 Å². The maximum Gasteiger partial charge on any atom is 0.336 e. The summed E-state index contributed by atoms with van der Waals surface area (Å²) in [6.45, 7) is 12.7. The predicted molar refractivity (Wildman–Crippen MR) is 76.2 cm³/mol. The number of allylic oxidation sites excluding steroid dienone is 2. The molecule has 0 rings (SSSR count). The first kappa shape index (κ1) is 19.7. The summed E-state index contributed by atoms with van der Waals surface area (Å²) >= 11 is 0. The first-order valence-electron chi connectivity index (χ1n) is 6.23. The van der Waals surface area contributed by atoms with E-state index in [0.717, 1.165) is 13.1 Å². The summed E-state index contributed by atoms with van der Waals surface area (Å²) in [4.78, 5) is 21.7. The van der Waals surface area contributed by atoms with Crippen LogP contribution in [0, 0.1) is 0 Å². The Bertz CT molecular complexity index is 337. The fourth-order valence-corrected chi connectivity index (χ4v) is 1.39. The van der Waals surface area contributed by atoms with Crippen LogP contribution in [0.25, 0.3) is 0 Å². The molecule has 0 spiro atoms. The molecule has 0 atom stereocenters. The van der Waals surface area contributed by atoms with Gasteiger partial charge in [-0.1, -0.05) is 25.0 Å². The number of carboxylic acids is 2. The third-order valence-electron chi connectivity index (χ3n) is 2.18. The Hall–Kier alpha value is -1.62. The van der Waals surface area contributed by atoms with Crippen LogP contribution in [0.5, 0.6) is 0 Å². The molecule has 5 nitrogen and oxygen atoms in total. The number of rotatable bonds is 5. The van der Waals surface area contributed by atoms with Crippen LogP contribution in [0.3, 0.4) is 0 Å². The molecule has 0 radical (unpaired) electrons. The van der Waals surface area contributed by atoms with E-state index in [1.54, 1.807) is 27.7 Å². The lowest BCUT2D eigenvalue weighted by Gasteiger charge is -2.07. The lowest BCUT2D eigenvalue weighted by Crippen LogP contribution is -2.14. The maximum absolute atomic E-state index is 10.8. The summed E-state index contributed by atoms with van der Waals surface area (Å²) in [7, 11) is 0. The van der Waals surface area contributed by atoms with Gasteiger partial charge in [0, 0.05) is 0 Å². The summed E-state index contributed by atoms with van der Waals surface area (Å²) in [6, 6.07) is 0. The molecule has 3 N–H and O–H groups in total. The van der Waals surface area contributed by atoms with Crippen LogP contribution < -0.4 is 5.32 Å². The lowest BCUT2D eigenvalue weighted by atomic mass is 9.98. The number of nitrogens with one attached hydrogen (secondary N) is 1. The average Bonchev–Trinajstić information content (AvgIpc) is 2.25. The summed E-state index contributed by atoms with van der Waals surface area (Å²) in [5.41, 5.74) is 0.710. The van der Waals surface area contributed by atoms with Crippen LogP contribution in [0.15, 0.2) is 22.3 Å².